The predicted molar refractivity (Wildman–Crippen MR) is 149 cm³/mol. The molecule has 2 N–H and O–H groups in total. The van der Waals surface area contributed by atoms with Gasteiger partial charge < -0.3 is 10.6 Å². The van der Waals surface area contributed by atoms with E-state index in [1.165, 1.54) is 84.5 Å². The summed E-state index contributed by atoms with van der Waals surface area (Å²) in [4.78, 5) is 13.0. The lowest BCUT2D eigenvalue weighted by Gasteiger charge is -2.26. The second-order valence-corrected chi connectivity index (χ2v) is 10.0. The quantitative estimate of drug-likeness (QED) is 0.451. The Labute approximate surface area is 209 Å². The molecule has 0 aromatic heterocycles. The maximum atomic E-state index is 10.5. The smallest absolute Gasteiger partial charge is 0.150 e. The highest BCUT2D eigenvalue weighted by atomic mass is 32.2. The van der Waals surface area contributed by atoms with Gasteiger partial charge >= 0.3 is 0 Å². The first-order chi connectivity index (χ1) is 16.7. The number of aryl methyl sites for hydroxylation is 1. The number of carbonyl (C=O) groups excluding carboxylic acids is 1. The molecule has 2 fully saturated rings. The number of fused-ring (bicyclic) bond motifs is 1. The van der Waals surface area contributed by atoms with Gasteiger partial charge in [-0.15, -0.1) is 0 Å². The van der Waals surface area contributed by atoms with E-state index in [1.807, 2.05) is 43.1 Å². The number of carbonyl (C=O) groups is 1. The van der Waals surface area contributed by atoms with Crippen molar-refractivity contribution in [1.82, 2.24) is 10.2 Å². The van der Waals surface area contributed by atoms with Crippen molar-refractivity contribution in [3.63, 3.8) is 0 Å². The molecular weight excluding hydrogens is 438 g/mol. The number of anilines is 1. The number of benzene rings is 3. The number of hydrogen-bond donors (Lipinski definition) is 2. The first-order valence-electron chi connectivity index (χ1n) is 12.4. The zero-order chi connectivity index (χ0) is 24.0. The average molecular weight is 478 g/mol. The minimum absolute atomic E-state index is 0.757. The number of aldehydes is 1. The molecule has 4 nitrogen and oxygen atoms in total. The van der Waals surface area contributed by atoms with E-state index in [0.717, 1.165) is 18.4 Å². The van der Waals surface area contributed by atoms with Crippen molar-refractivity contribution in [3.05, 3.63) is 77.4 Å². The second kappa shape index (κ2) is 14.8. The maximum absolute atomic E-state index is 10.5. The molecule has 0 saturated carbocycles. The largest absolute Gasteiger partial charge is 0.388 e. The average Bonchev–Trinajstić information content (AvgIpc) is 2.92. The van der Waals surface area contributed by atoms with Gasteiger partial charge in [-0.3, -0.25) is 9.69 Å². The van der Waals surface area contributed by atoms with Gasteiger partial charge in [-0.2, -0.15) is 11.8 Å². The molecule has 5 rings (SSSR count). The van der Waals surface area contributed by atoms with Gasteiger partial charge in [0.1, 0.15) is 6.29 Å². The first-order valence-corrected chi connectivity index (χ1v) is 13.6. The lowest BCUT2D eigenvalue weighted by molar-refractivity contribution is 0.112. The van der Waals surface area contributed by atoms with Crippen molar-refractivity contribution in [2.75, 3.05) is 50.0 Å². The molecular formula is C29H39N3OS. The molecule has 0 aliphatic carbocycles. The number of nitrogens with zero attached hydrogens (tertiary/aromatic N) is 1. The number of piperidine rings is 1. The molecule has 182 valence electrons. The number of thioether (sulfide) groups is 1. The molecule has 0 bridgehead atoms. The monoisotopic (exact) mass is 477 g/mol. The highest BCUT2D eigenvalue weighted by molar-refractivity contribution is 7.99. The molecule has 2 saturated heterocycles. The zero-order valence-corrected chi connectivity index (χ0v) is 21.5. The fourth-order valence-corrected chi connectivity index (χ4v) is 5.17. The molecule has 34 heavy (non-hydrogen) atoms. The Bertz CT molecular complexity index is 984. The fraction of sp³-hybridized carbons (Fsp3) is 0.414. The number of hydrogen-bond acceptors (Lipinski definition) is 5. The predicted octanol–water partition coefficient (Wildman–Crippen LogP) is 6.00. The molecule has 2 aliphatic heterocycles. The van der Waals surface area contributed by atoms with Gasteiger partial charge in [-0.05, 0) is 55.4 Å². The molecule has 2 heterocycles. The van der Waals surface area contributed by atoms with E-state index < -0.39 is 0 Å². The third kappa shape index (κ3) is 8.46. The van der Waals surface area contributed by atoms with Gasteiger partial charge in [-0.1, -0.05) is 61.0 Å². The Kier molecular flexibility index (Phi) is 11.5. The van der Waals surface area contributed by atoms with Crippen LogP contribution in [0.3, 0.4) is 0 Å². The van der Waals surface area contributed by atoms with E-state index in [-0.39, 0.29) is 0 Å². The van der Waals surface area contributed by atoms with Crippen molar-refractivity contribution in [3.8, 4) is 0 Å². The molecule has 0 unspecified atom stereocenters. The van der Waals surface area contributed by atoms with Gasteiger partial charge in [0.2, 0.25) is 0 Å². The van der Waals surface area contributed by atoms with Gasteiger partial charge in [0, 0.05) is 54.8 Å². The van der Waals surface area contributed by atoms with Crippen molar-refractivity contribution >= 4 is 34.5 Å². The highest BCUT2D eigenvalue weighted by Gasteiger charge is 2.10. The zero-order valence-electron chi connectivity index (χ0n) is 20.7. The Hall–Kier alpha value is -2.34. The molecule has 3 aromatic carbocycles. The number of nitrogens with one attached hydrogen (secondary N) is 2. The molecule has 3 aromatic rings. The van der Waals surface area contributed by atoms with Crippen LogP contribution in [0.4, 0.5) is 5.69 Å². The summed E-state index contributed by atoms with van der Waals surface area (Å²) in [5.41, 5.74) is 4.58. The summed E-state index contributed by atoms with van der Waals surface area (Å²) in [5.74, 6) is 2.48. The van der Waals surface area contributed by atoms with Crippen molar-refractivity contribution in [2.45, 2.75) is 32.7 Å². The van der Waals surface area contributed by atoms with Crippen LogP contribution >= 0.6 is 11.8 Å². The summed E-state index contributed by atoms with van der Waals surface area (Å²) >= 11 is 2.03. The van der Waals surface area contributed by atoms with E-state index in [0.29, 0.717) is 0 Å². The standard InChI is InChI=1S/C12H15NOS.C12H13N.C5H11N/c14-10-12-3-1-11(2-4-12)9-13-5-7-15-8-6-13;1-9-7-8-12(13-2)11-6-4-3-5-10(9)11;1-2-4-6-5-3-1/h1-4,10H,5-9H2;3-8,13H,1-2H3;6H,1-5H2. The van der Waals surface area contributed by atoms with E-state index in [9.17, 15) is 4.79 Å². The third-order valence-corrected chi connectivity index (χ3v) is 7.19. The van der Waals surface area contributed by atoms with Crippen molar-refractivity contribution < 1.29 is 4.79 Å². The van der Waals surface area contributed by atoms with Gasteiger partial charge in [-0.25, -0.2) is 0 Å². The summed E-state index contributed by atoms with van der Waals surface area (Å²) < 4.78 is 0. The van der Waals surface area contributed by atoms with Crippen LogP contribution < -0.4 is 10.6 Å². The Morgan fingerprint density at radius 1 is 0.912 bits per heavy atom. The van der Waals surface area contributed by atoms with Crippen LogP contribution in [0.2, 0.25) is 0 Å². The fourth-order valence-electron chi connectivity index (χ4n) is 4.19. The van der Waals surface area contributed by atoms with Gasteiger partial charge in [0.05, 0.1) is 0 Å². The molecule has 0 amide bonds. The third-order valence-electron chi connectivity index (χ3n) is 6.24. The summed E-state index contributed by atoms with van der Waals surface area (Å²) in [5, 5.41) is 9.11. The highest BCUT2D eigenvalue weighted by Crippen LogP contribution is 2.25. The van der Waals surface area contributed by atoms with Crippen molar-refractivity contribution in [1.29, 1.82) is 0 Å². The molecule has 2 aliphatic rings. The normalized spacial score (nSPS) is 15.9. The Morgan fingerprint density at radius 3 is 2.15 bits per heavy atom. The van der Waals surface area contributed by atoms with E-state index >= 15 is 0 Å². The molecule has 0 spiro atoms. The van der Waals surface area contributed by atoms with Gasteiger partial charge in [0.25, 0.3) is 0 Å². The van der Waals surface area contributed by atoms with Crippen LogP contribution in [-0.4, -0.2) is 55.9 Å². The summed E-state index contributed by atoms with van der Waals surface area (Å²) in [6.07, 6.45) is 5.11. The Balaban J connectivity index is 0.000000155. The van der Waals surface area contributed by atoms with E-state index in [1.54, 1.807) is 0 Å². The lowest BCUT2D eigenvalue weighted by atomic mass is 10.0. The van der Waals surface area contributed by atoms with Crippen LogP contribution in [-0.2, 0) is 6.54 Å². The van der Waals surface area contributed by atoms with Crippen LogP contribution in [0.5, 0.6) is 0 Å². The maximum Gasteiger partial charge on any atom is 0.150 e. The van der Waals surface area contributed by atoms with Crippen LogP contribution in [0, 0.1) is 6.92 Å². The minimum atomic E-state index is 0.757. The number of rotatable bonds is 4. The van der Waals surface area contributed by atoms with E-state index in [4.69, 9.17) is 0 Å². The van der Waals surface area contributed by atoms with E-state index in [2.05, 4.69) is 58.9 Å². The SMILES string of the molecule is C1CCNCC1.CNc1ccc(C)c2ccccc12.O=Cc1ccc(CN2CCSCC2)cc1. The molecule has 0 radical (unpaired) electrons. The van der Waals surface area contributed by atoms with Crippen LogP contribution in [0.15, 0.2) is 60.7 Å². The second-order valence-electron chi connectivity index (χ2n) is 8.78. The van der Waals surface area contributed by atoms with Gasteiger partial charge in [0.15, 0.2) is 0 Å². The van der Waals surface area contributed by atoms with Crippen LogP contribution in [0.25, 0.3) is 10.8 Å². The first kappa shape index (κ1) is 26.3. The van der Waals surface area contributed by atoms with Crippen molar-refractivity contribution in [2.24, 2.45) is 0 Å². The lowest BCUT2D eigenvalue weighted by Crippen LogP contribution is -2.31. The van der Waals surface area contributed by atoms with Crippen LogP contribution in [0.1, 0.15) is 40.7 Å². The summed E-state index contributed by atoms with van der Waals surface area (Å²) in [6, 6.07) is 20.6. The summed E-state index contributed by atoms with van der Waals surface area (Å²) in [6.45, 7) is 8.02. The Morgan fingerprint density at radius 2 is 1.59 bits per heavy atom. The molecule has 0 atom stereocenters. The molecule has 5 heteroatoms. The minimum Gasteiger partial charge on any atom is -0.388 e. The summed E-state index contributed by atoms with van der Waals surface area (Å²) in [7, 11) is 1.96. The topological polar surface area (TPSA) is 44.4 Å².